The highest BCUT2D eigenvalue weighted by Crippen LogP contribution is 2.31. The first-order valence-electron chi connectivity index (χ1n) is 13.5. The highest BCUT2D eigenvalue weighted by Gasteiger charge is 2.21. The van der Waals surface area contributed by atoms with Gasteiger partial charge in [0.25, 0.3) is 0 Å². The summed E-state index contributed by atoms with van der Waals surface area (Å²) in [5, 5.41) is 2.91. The van der Waals surface area contributed by atoms with E-state index < -0.39 is 0 Å². The molecular weight excluding hydrogens is 456 g/mol. The first kappa shape index (κ1) is 25.2. The Hall–Kier alpha value is -3.44. The molecule has 2 aromatic carbocycles. The number of anilines is 1. The van der Waals surface area contributed by atoms with Crippen molar-refractivity contribution in [3.8, 4) is 0 Å². The summed E-state index contributed by atoms with van der Waals surface area (Å²) in [5.41, 5.74) is 5.71. The molecule has 1 fully saturated rings. The molecule has 1 saturated heterocycles. The molecule has 3 aromatic rings. The Balaban J connectivity index is 1.22. The summed E-state index contributed by atoms with van der Waals surface area (Å²) in [6, 6.07) is 16.8. The maximum absolute atomic E-state index is 11.4. The molecule has 2 heterocycles. The zero-order valence-corrected chi connectivity index (χ0v) is 22.3. The first-order chi connectivity index (χ1) is 17.9. The number of hydrogen-bond donors (Lipinski definition) is 1. The van der Waals surface area contributed by atoms with Crippen molar-refractivity contribution >= 4 is 28.2 Å². The second-order valence-corrected chi connectivity index (χ2v) is 11.0. The molecule has 37 heavy (non-hydrogen) atoms. The number of amides is 1. The van der Waals surface area contributed by atoms with Crippen LogP contribution in [0.2, 0.25) is 0 Å². The van der Waals surface area contributed by atoms with Crippen molar-refractivity contribution in [1.29, 1.82) is 0 Å². The van der Waals surface area contributed by atoms with Crippen LogP contribution in [0.4, 0.5) is 5.69 Å². The molecule has 1 N–H and O–H groups in total. The summed E-state index contributed by atoms with van der Waals surface area (Å²) in [5.74, 6) is 1.59. The molecule has 0 unspecified atom stereocenters. The highest BCUT2D eigenvalue weighted by atomic mass is 16.1. The van der Waals surface area contributed by atoms with Crippen molar-refractivity contribution in [2.24, 2.45) is 5.41 Å². The summed E-state index contributed by atoms with van der Waals surface area (Å²) >= 11 is 0. The second kappa shape index (κ2) is 10.9. The molecule has 0 spiro atoms. The lowest BCUT2D eigenvalue weighted by Gasteiger charge is -2.32. The van der Waals surface area contributed by atoms with E-state index in [0.717, 1.165) is 62.5 Å². The fourth-order valence-electron chi connectivity index (χ4n) is 5.50. The number of piperidine rings is 1. The molecule has 1 aromatic heterocycles. The molecule has 0 saturated carbocycles. The first-order valence-corrected chi connectivity index (χ1v) is 13.5. The average molecular weight is 495 g/mol. The Bertz CT molecular complexity index is 1350. The van der Waals surface area contributed by atoms with Gasteiger partial charge in [-0.1, -0.05) is 68.5 Å². The molecule has 2 aliphatic rings. The molecule has 5 rings (SSSR count). The predicted molar refractivity (Wildman–Crippen MR) is 154 cm³/mol. The number of nitrogens with one attached hydrogen (secondary N) is 1. The smallest absolute Gasteiger partial charge is 0.221 e. The van der Waals surface area contributed by atoms with Gasteiger partial charge in [-0.15, -0.1) is 0 Å². The zero-order valence-electron chi connectivity index (χ0n) is 22.3. The molecular formula is C32H38N4O. The van der Waals surface area contributed by atoms with Gasteiger partial charge in [-0.2, -0.15) is 0 Å². The maximum Gasteiger partial charge on any atom is 0.221 e. The highest BCUT2D eigenvalue weighted by molar-refractivity contribution is 5.88. The minimum atomic E-state index is -0.0209. The topological polar surface area (TPSA) is 50.2 Å². The number of likely N-dealkylation sites (tertiary alicyclic amines) is 1. The Kier molecular flexibility index (Phi) is 7.43. The van der Waals surface area contributed by atoms with E-state index >= 15 is 0 Å². The zero-order chi connectivity index (χ0) is 25.8. The molecule has 1 aliphatic heterocycles. The third-order valence-corrected chi connectivity index (χ3v) is 7.53. The Morgan fingerprint density at radius 3 is 2.68 bits per heavy atom. The summed E-state index contributed by atoms with van der Waals surface area (Å²) in [6.07, 6.45) is 14.5. The van der Waals surface area contributed by atoms with Crippen LogP contribution in [0.5, 0.6) is 0 Å². The number of rotatable bonds is 7. The lowest BCUT2D eigenvalue weighted by molar-refractivity contribution is -0.114. The van der Waals surface area contributed by atoms with Gasteiger partial charge in [0.15, 0.2) is 0 Å². The van der Waals surface area contributed by atoms with Crippen LogP contribution in [-0.4, -0.2) is 40.0 Å². The largest absolute Gasteiger partial charge is 0.326 e. The van der Waals surface area contributed by atoms with E-state index in [1.54, 1.807) is 6.92 Å². The number of aromatic nitrogens is 2. The summed E-state index contributed by atoms with van der Waals surface area (Å²) in [6.45, 7) is 10.3. The minimum absolute atomic E-state index is 0.0209. The van der Waals surface area contributed by atoms with Crippen LogP contribution in [0.3, 0.4) is 0 Å². The van der Waals surface area contributed by atoms with Crippen molar-refractivity contribution < 1.29 is 4.79 Å². The molecule has 192 valence electrons. The van der Waals surface area contributed by atoms with Gasteiger partial charge in [0.1, 0.15) is 5.82 Å². The van der Waals surface area contributed by atoms with Gasteiger partial charge in [0.2, 0.25) is 5.91 Å². The summed E-state index contributed by atoms with van der Waals surface area (Å²) in [4.78, 5) is 19.1. The van der Waals surface area contributed by atoms with Crippen LogP contribution in [0, 0.1) is 5.41 Å². The van der Waals surface area contributed by atoms with Crippen LogP contribution < -0.4 is 5.32 Å². The average Bonchev–Trinajstić information content (AvgIpc) is 3.14. The molecule has 0 atom stereocenters. The Morgan fingerprint density at radius 2 is 1.86 bits per heavy atom. The number of hydrogen-bond acceptors (Lipinski definition) is 3. The van der Waals surface area contributed by atoms with Gasteiger partial charge in [-0.25, -0.2) is 4.98 Å². The van der Waals surface area contributed by atoms with Gasteiger partial charge in [-0.05, 0) is 74.6 Å². The van der Waals surface area contributed by atoms with E-state index in [9.17, 15) is 4.79 Å². The SMILES string of the molecule is CC(=O)Nc1cccc(C2CCN(CCCn3c(C4=CC=CC(C)(C)C=C4)nc4ccccc43)CC2)c1. The van der Waals surface area contributed by atoms with Crippen LogP contribution in [0.1, 0.15) is 57.3 Å². The van der Waals surface area contributed by atoms with Gasteiger partial charge in [0, 0.05) is 30.1 Å². The Labute approximate surface area is 220 Å². The normalized spacial score (nSPS) is 18.1. The number of aryl methyl sites for hydroxylation is 1. The number of benzene rings is 2. The number of allylic oxidation sites excluding steroid dienone is 6. The number of fused-ring (bicyclic) bond motifs is 1. The molecule has 5 nitrogen and oxygen atoms in total. The van der Waals surface area contributed by atoms with Crippen LogP contribution in [0.25, 0.3) is 16.6 Å². The lowest BCUT2D eigenvalue weighted by atomic mass is 9.89. The number of carbonyl (C=O) groups excluding carboxylic acids is 1. The summed E-state index contributed by atoms with van der Waals surface area (Å²) in [7, 11) is 0. The van der Waals surface area contributed by atoms with Crippen LogP contribution in [0.15, 0.2) is 78.9 Å². The van der Waals surface area contributed by atoms with Gasteiger partial charge in [0.05, 0.1) is 11.0 Å². The second-order valence-electron chi connectivity index (χ2n) is 11.0. The fourth-order valence-corrected chi connectivity index (χ4v) is 5.50. The van der Waals surface area contributed by atoms with Crippen molar-refractivity contribution in [3.63, 3.8) is 0 Å². The van der Waals surface area contributed by atoms with E-state index in [4.69, 9.17) is 4.98 Å². The van der Waals surface area contributed by atoms with Crippen LogP contribution >= 0.6 is 0 Å². The molecule has 5 heteroatoms. The molecule has 0 radical (unpaired) electrons. The standard InChI is InChI=1S/C32H38N4O/c1-24(37)33-28-11-6-9-27(23-28)25-15-21-35(22-16-25)19-8-20-36-30-13-5-4-12-29(30)34-31(36)26-10-7-17-32(2,3)18-14-26/h4-7,9-14,17-18,23,25H,8,15-16,19-22H2,1-3H3,(H,33,37). The number of nitrogens with zero attached hydrogens (tertiary/aromatic N) is 3. The lowest BCUT2D eigenvalue weighted by Crippen LogP contribution is -2.34. The predicted octanol–water partition coefficient (Wildman–Crippen LogP) is 6.80. The minimum Gasteiger partial charge on any atom is -0.326 e. The van der Waals surface area contributed by atoms with E-state index in [0.29, 0.717) is 5.92 Å². The summed E-state index contributed by atoms with van der Waals surface area (Å²) < 4.78 is 2.40. The number of imidazole rings is 1. The van der Waals surface area contributed by atoms with Gasteiger partial charge in [-0.3, -0.25) is 4.79 Å². The Morgan fingerprint density at radius 1 is 1.05 bits per heavy atom. The quantitative estimate of drug-likeness (QED) is 0.393. The molecule has 0 bridgehead atoms. The van der Waals surface area contributed by atoms with E-state index in [-0.39, 0.29) is 11.3 Å². The fraction of sp³-hybridized carbons (Fsp3) is 0.375. The van der Waals surface area contributed by atoms with E-state index in [2.05, 4.69) is 101 Å². The third-order valence-electron chi connectivity index (χ3n) is 7.53. The van der Waals surface area contributed by atoms with Crippen molar-refractivity contribution in [2.75, 3.05) is 25.0 Å². The third kappa shape index (κ3) is 6.11. The van der Waals surface area contributed by atoms with Gasteiger partial charge >= 0.3 is 0 Å². The van der Waals surface area contributed by atoms with Crippen LogP contribution in [-0.2, 0) is 11.3 Å². The van der Waals surface area contributed by atoms with E-state index in [1.165, 1.54) is 16.7 Å². The monoisotopic (exact) mass is 494 g/mol. The number of para-hydroxylation sites is 2. The van der Waals surface area contributed by atoms with E-state index in [1.807, 2.05) is 6.07 Å². The van der Waals surface area contributed by atoms with Gasteiger partial charge < -0.3 is 14.8 Å². The van der Waals surface area contributed by atoms with Crippen molar-refractivity contribution in [2.45, 2.75) is 52.5 Å². The van der Waals surface area contributed by atoms with Crippen molar-refractivity contribution in [1.82, 2.24) is 14.5 Å². The molecule has 1 aliphatic carbocycles. The van der Waals surface area contributed by atoms with Crippen molar-refractivity contribution in [3.05, 3.63) is 90.3 Å². The molecule has 1 amide bonds. The number of carbonyl (C=O) groups is 1. The maximum atomic E-state index is 11.4.